The van der Waals surface area contributed by atoms with Crippen LogP contribution in [0.4, 0.5) is 40.1 Å². The van der Waals surface area contributed by atoms with Crippen molar-refractivity contribution in [1.82, 2.24) is 20.4 Å². The summed E-state index contributed by atoms with van der Waals surface area (Å²) in [5.74, 6) is -4.84. The molecule has 120 heavy (non-hydrogen) atoms. The second-order valence-corrected chi connectivity index (χ2v) is 36.3. The van der Waals surface area contributed by atoms with Crippen molar-refractivity contribution < 1.29 is 114 Å². The number of amides is 6. The van der Waals surface area contributed by atoms with Crippen LogP contribution in [-0.4, -0.2) is 164 Å². The molecule has 0 radical (unpaired) electrons. The zero-order chi connectivity index (χ0) is 90.4. The quantitative estimate of drug-likeness (QED) is 0.00908. The fourth-order valence-electron chi connectivity index (χ4n) is 10.7. The molecule has 2 unspecified atom stereocenters. The predicted octanol–water partition coefficient (Wildman–Crippen LogP) is 17.9. The number of esters is 6. The number of nitrogens with one attached hydrogen (secondary N) is 4. The lowest BCUT2D eigenvalue weighted by Gasteiger charge is -2.32. The molecule has 2 atom stereocenters. The average molecular weight is 1680 g/mol. The first-order valence-electron chi connectivity index (χ1n) is 40.1. The van der Waals surface area contributed by atoms with E-state index in [1.54, 1.807) is 190 Å². The summed E-state index contributed by atoms with van der Waals surface area (Å²) in [6.07, 6.45) is 0.510. The van der Waals surface area contributed by atoms with E-state index in [0.717, 1.165) is 38.5 Å². The SMILES string of the molecule is CC(C)(C)OC(=O)CC(C(=O)OC(C)(C)C)N(CCCCCCCCCCCCN(C(=O)OCc1ccc(OC(=O)c2ccc(N/C(=N\C(=O)OC(C)(C)C)NC(=O)OC(C)(C)C)cc2)cc1)C(CC(=O)OC(C)(C)C)C(=O)OC(C)(C)C)C(=O)OCc1ccc(OC(=O)c2ccc(N/C(=N\C(=O)OC(C)(C)C)NC(=O)OC(C)(C)C)cc2)cc1. The third-order valence-electron chi connectivity index (χ3n) is 15.4. The lowest BCUT2D eigenvalue weighted by molar-refractivity contribution is -0.168. The predicted molar refractivity (Wildman–Crippen MR) is 449 cm³/mol. The second kappa shape index (κ2) is 45.2. The molecule has 0 aliphatic rings. The Balaban J connectivity index is 1.39. The Labute approximate surface area is 705 Å². The zero-order valence-electron chi connectivity index (χ0n) is 74.3. The highest BCUT2D eigenvalue weighted by atomic mass is 16.6. The summed E-state index contributed by atoms with van der Waals surface area (Å²) in [5.41, 5.74) is -5.34. The van der Waals surface area contributed by atoms with Crippen LogP contribution < -0.4 is 30.7 Å². The van der Waals surface area contributed by atoms with Gasteiger partial charge in [0.2, 0.25) is 11.9 Å². The summed E-state index contributed by atoms with van der Waals surface area (Å²) in [6, 6.07) is 21.3. The zero-order valence-corrected chi connectivity index (χ0v) is 74.3. The van der Waals surface area contributed by atoms with Gasteiger partial charge in [-0.05, 0) is 263 Å². The lowest BCUT2D eigenvalue weighted by Crippen LogP contribution is -2.49. The normalized spacial score (nSPS) is 12.8. The number of rotatable bonds is 31. The number of anilines is 2. The minimum atomic E-state index is -1.42. The van der Waals surface area contributed by atoms with Crippen molar-refractivity contribution in [3.8, 4) is 11.5 Å². The van der Waals surface area contributed by atoms with Gasteiger partial charge in [-0.1, -0.05) is 75.6 Å². The summed E-state index contributed by atoms with van der Waals surface area (Å²) in [4.78, 5) is 171. The lowest BCUT2D eigenvalue weighted by atomic mass is 10.1. The molecule has 0 aliphatic carbocycles. The number of hydrogen-bond donors (Lipinski definition) is 4. The van der Waals surface area contributed by atoms with Crippen LogP contribution in [0.2, 0.25) is 0 Å². The minimum Gasteiger partial charge on any atom is -0.460 e. The van der Waals surface area contributed by atoms with Crippen LogP contribution in [0.5, 0.6) is 11.5 Å². The number of hydrogen-bond acceptors (Lipinski definition) is 24. The maximum atomic E-state index is 14.3. The molecule has 4 aromatic rings. The molecular weight excluding hydrogens is 1550 g/mol. The monoisotopic (exact) mass is 1680 g/mol. The van der Waals surface area contributed by atoms with Crippen LogP contribution in [0.1, 0.15) is 275 Å². The first-order chi connectivity index (χ1) is 55.3. The topological polar surface area (TPSA) is 395 Å². The van der Waals surface area contributed by atoms with Gasteiger partial charge in [0, 0.05) is 24.5 Å². The second-order valence-electron chi connectivity index (χ2n) is 36.3. The highest BCUT2D eigenvalue weighted by molar-refractivity contribution is 6.07. The highest BCUT2D eigenvalue weighted by Gasteiger charge is 2.40. The molecule has 4 aromatic carbocycles. The van der Waals surface area contributed by atoms with Crippen LogP contribution in [0.3, 0.4) is 0 Å². The summed E-state index contributed by atoms with van der Waals surface area (Å²) in [7, 11) is 0. The molecule has 0 spiro atoms. The van der Waals surface area contributed by atoms with E-state index in [0.29, 0.717) is 48.2 Å². The van der Waals surface area contributed by atoms with Crippen LogP contribution in [0.25, 0.3) is 0 Å². The Kier molecular flexibility index (Phi) is 38.0. The number of alkyl carbamates (subject to hydrolysis) is 2. The smallest absolute Gasteiger partial charge is 0.437 e. The number of carbonyl (C=O) groups is 12. The van der Waals surface area contributed by atoms with Gasteiger partial charge in [0.1, 0.15) is 81.6 Å². The van der Waals surface area contributed by atoms with Crippen molar-refractivity contribution in [3.05, 3.63) is 119 Å². The first kappa shape index (κ1) is 101. The molecular formula is C88H126N8O24. The molecule has 32 nitrogen and oxygen atoms in total. The number of guanidine groups is 2. The number of benzene rings is 4. The largest absolute Gasteiger partial charge is 0.460 e. The Morgan fingerprint density at radius 2 is 0.592 bits per heavy atom. The maximum Gasteiger partial charge on any atom is 0.437 e. The van der Waals surface area contributed by atoms with E-state index in [-0.39, 0.29) is 60.8 Å². The van der Waals surface area contributed by atoms with Gasteiger partial charge in [-0.2, -0.15) is 0 Å². The molecule has 0 aromatic heterocycles. The van der Waals surface area contributed by atoms with Gasteiger partial charge in [0.15, 0.2) is 0 Å². The number of aliphatic imine (C=N–C) groups is 2. The van der Waals surface area contributed by atoms with Crippen molar-refractivity contribution in [2.75, 3.05) is 23.7 Å². The fourth-order valence-corrected chi connectivity index (χ4v) is 10.7. The van der Waals surface area contributed by atoms with Gasteiger partial charge in [-0.3, -0.25) is 30.0 Å². The van der Waals surface area contributed by atoms with Gasteiger partial charge < -0.3 is 67.5 Å². The van der Waals surface area contributed by atoms with Crippen molar-refractivity contribution in [1.29, 1.82) is 0 Å². The molecule has 0 saturated carbocycles. The van der Waals surface area contributed by atoms with E-state index in [1.165, 1.54) is 82.6 Å². The van der Waals surface area contributed by atoms with Gasteiger partial charge in [0.05, 0.1) is 24.0 Å². The van der Waals surface area contributed by atoms with Gasteiger partial charge in [-0.15, -0.1) is 9.98 Å². The molecule has 0 bridgehead atoms. The van der Waals surface area contributed by atoms with Gasteiger partial charge in [0.25, 0.3) is 0 Å². The van der Waals surface area contributed by atoms with Crippen molar-refractivity contribution >= 4 is 95.7 Å². The molecule has 6 amide bonds. The summed E-state index contributed by atoms with van der Waals surface area (Å²) < 4.78 is 66.9. The Bertz CT molecular complexity index is 3890. The maximum absolute atomic E-state index is 14.3. The average Bonchev–Trinajstić information content (AvgIpc) is 0.834. The third kappa shape index (κ3) is 43.4. The van der Waals surface area contributed by atoms with Crippen LogP contribution >= 0.6 is 0 Å². The Morgan fingerprint density at radius 3 is 0.858 bits per heavy atom. The fraction of sp³-hybridized carbons (Fsp3) is 0.568. The number of carbonyl (C=O) groups excluding carboxylic acids is 12. The molecule has 0 saturated heterocycles. The van der Waals surface area contributed by atoms with E-state index in [1.807, 2.05) is 0 Å². The molecule has 0 heterocycles. The molecule has 0 fully saturated rings. The minimum absolute atomic E-state index is 0.0190. The van der Waals surface area contributed by atoms with E-state index in [9.17, 15) is 57.5 Å². The van der Waals surface area contributed by atoms with Crippen LogP contribution in [0, 0.1) is 0 Å². The molecule has 662 valence electrons. The number of unbranched alkanes of at least 4 members (excludes halogenated alkanes) is 9. The van der Waals surface area contributed by atoms with Crippen LogP contribution in [0.15, 0.2) is 107 Å². The summed E-state index contributed by atoms with van der Waals surface area (Å²) in [6.45, 7) is 39.6. The third-order valence-corrected chi connectivity index (χ3v) is 15.4. The van der Waals surface area contributed by atoms with Crippen LogP contribution in [-0.2, 0) is 79.8 Å². The number of nitrogens with zero attached hydrogens (tertiary/aromatic N) is 4. The Morgan fingerprint density at radius 1 is 0.325 bits per heavy atom. The first-order valence-corrected chi connectivity index (χ1v) is 40.1. The Hall–Kier alpha value is -11.3. The molecule has 4 N–H and O–H groups in total. The molecule has 32 heteroatoms. The molecule has 0 aliphatic heterocycles. The van der Waals surface area contributed by atoms with Crippen molar-refractivity contribution in [2.45, 2.75) is 313 Å². The van der Waals surface area contributed by atoms with E-state index >= 15 is 0 Å². The summed E-state index contributed by atoms with van der Waals surface area (Å²) in [5, 5.41) is 10.4. The van der Waals surface area contributed by atoms with E-state index in [4.69, 9.17) is 56.8 Å². The van der Waals surface area contributed by atoms with Crippen molar-refractivity contribution in [3.63, 3.8) is 0 Å². The summed E-state index contributed by atoms with van der Waals surface area (Å²) >= 11 is 0. The van der Waals surface area contributed by atoms with Gasteiger partial charge in [-0.25, -0.2) is 47.9 Å². The highest BCUT2D eigenvalue weighted by Crippen LogP contribution is 2.27. The van der Waals surface area contributed by atoms with E-state index in [2.05, 4.69) is 31.3 Å². The van der Waals surface area contributed by atoms with Gasteiger partial charge >= 0.3 is 72.4 Å². The van der Waals surface area contributed by atoms with E-state index < -0.39 is 142 Å². The standard InChI is InChI=1S/C88H126N8O24/c1-81(2,3)113-67(97)53-65(71(101)115-83(7,8)9)95(79(107)109-55-57-35-47-63(48-36-57)111-69(99)59-39-43-61(44-40-59)89-73(91-75(103)117-85(13,14)15)92-76(104)118-86(16,17)18)51-33-31-29-27-25-26-28-30-32-34-52-96(66(72(102)116-84(10,11)12)54-68(98)114-82(4,5)6)80(108)110-56-58-37-49-64(50-38-58)112-70(100)60-41-45-62(46-42-60)90-74(93-77(105)119-87(19,20)21)94-78(106)120-88(22,23)24/h35-50,65-66H,25-34,51-56H2,1-24H3,(H2,89,91,92,103,104)(H2,90,93,94,105,106). The van der Waals surface area contributed by atoms with Crippen molar-refractivity contribution in [2.24, 2.45) is 9.98 Å². The molecule has 4 rings (SSSR count). The number of ether oxygens (including phenoxy) is 12.